The molecule has 0 aliphatic carbocycles. The molecular formula is C6H3Br2F2NO. The molecule has 0 spiro atoms. The van der Waals surface area contributed by atoms with E-state index in [1.54, 1.807) is 0 Å². The molecule has 0 saturated carbocycles. The molecule has 0 fully saturated rings. The van der Waals surface area contributed by atoms with Gasteiger partial charge in [0.1, 0.15) is 15.0 Å². The van der Waals surface area contributed by atoms with Gasteiger partial charge in [-0.3, -0.25) is 0 Å². The van der Waals surface area contributed by atoms with Crippen LogP contribution in [0.25, 0.3) is 0 Å². The standard InChI is InChI=1S/C6H3Br2F2NO/c7-4-1-3(12-6(9)10)2-5(8)11-4/h1-2,6H. The maximum Gasteiger partial charge on any atom is 0.387 e. The van der Waals surface area contributed by atoms with Gasteiger partial charge in [0.2, 0.25) is 0 Å². The zero-order valence-corrected chi connectivity index (χ0v) is 8.77. The topological polar surface area (TPSA) is 22.1 Å². The molecule has 0 atom stereocenters. The molecule has 6 heteroatoms. The van der Waals surface area contributed by atoms with Crippen molar-refractivity contribution in [2.45, 2.75) is 6.61 Å². The Morgan fingerprint density at radius 1 is 1.25 bits per heavy atom. The van der Waals surface area contributed by atoms with E-state index in [0.717, 1.165) is 0 Å². The molecule has 66 valence electrons. The molecule has 0 amide bonds. The monoisotopic (exact) mass is 301 g/mol. The first-order valence-electron chi connectivity index (χ1n) is 2.86. The Hall–Kier alpha value is -0.230. The SMILES string of the molecule is FC(F)Oc1cc(Br)nc(Br)c1. The molecule has 1 rings (SSSR count). The maximum absolute atomic E-state index is 11.7. The van der Waals surface area contributed by atoms with Crippen LogP contribution < -0.4 is 4.74 Å². The van der Waals surface area contributed by atoms with E-state index in [9.17, 15) is 8.78 Å². The molecule has 0 unspecified atom stereocenters. The Labute approximate surface area is 84.2 Å². The van der Waals surface area contributed by atoms with Gasteiger partial charge in [-0.05, 0) is 31.9 Å². The minimum absolute atomic E-state index is 0.0683. The lowest BCUT2D eigenvalue weighted by Gasteiger charge is -2.04. The minimum Gasteiger partial charge on any atom is -0.435 e. The second-order valence-electron chi connectivity index (χ2n) is 1.83. The highest BCUT2D eigenvalue weighted by molar-refractivity contribution is 9.11. The van der Waals surface area contributed by atoms with Crippen molar-refractivity contribution in [2.75, 3.05) is 0 Å². The Bertz CT molecular complexity index is 262. The Morgan fingerprint density at radius 3 is 2.17 bits per heavy atom. The molecule has 1 heterocycles. The van der Waals surface area contributed by atoms with Crippen molar-refractivity contribution in [3.8, 4) is 5.75 Å². The summed E-state index contributed by atoms with van der Waals surface area (Å²) in [6.45, 7) is -2.81. The summed E-state index contributed by atoms with van der Waals surface area (Å²) >= 11 is 6.07. The number of halogens is 4. The lowest BCUT2D eigenvalue weighted by Crippen LogP contribution is -2.02. The molecular weight excluding hydrogens is 300 g/mol. The number of rotatable bonds is 2. The first-order valence-corrected chi connectivity index (χ1v) is 4.44. The van der Waals surface area contributed by atoms with Crippen LogP contribution in [0, 0.1) is 0 Å². The van der Waals surface area contributed by atoms with Crippen molar-refractivity contribution in [1.82, 2.24) is 4.98 Å². The number of alkyl halides is 2. The van der Waals surface area contributed by atoms with E-state index in [-0.39, 0.29) is 5.75 Å². The first-order chi connectivity index (χ1) is 5.58. The summed E-state index contributed by atoms with van der Waals surface area (Å²) in [4.78, 5) is 3.85. The Morgan fingerprint density at radius 2 is 1.75 bits per heavy atom. The van der Waals surface area contributed by atoms with Gasteiger partial charge in [-0.2, -0.15) is 8.78 Å². The second kappa shape index (κ2) is 4.13. The molecule has 0 bridgehead atoms. The average molecular weight is 303 g/mol. The largest absolute Gasteiger partial charge is 0.435 e. The third-order valence-electron chi connectivity index (χ3n) is 0.962. The quantitative estimate of drug-likeness (QED) is 0.783. The van der Waals surface area contributed by atoms with E-state index in [2.05, 4.69) is 41.6 Å². The molecule has 0 aliphatic rings. The van der Waals surface area contributed by atoms with Crippen molar-refractivity contribution in [3.63, 3.8) is 0 Å². The van der Waals surface area contributed by atoms with Crippen LogP contribution in [0.2, 0.25) is 0 Å². The lowest BCUT2D eigenvalue weighted by molar-refractivity contribution is -0.0499. The summed E-state index contributed by atoms with van der Waals surface area (Å²) in [5, 5.41) is 0. The molecule has 0 radical (unpaired) electrons. The van der Waals surface area contributed by atoms with Crippen molar-refractivity contribution < 1.29 is 13.5 Å². The summed E-state index contributed by atoms with van der Waals surface area (Å²) in [7, 11) is 0. The molecule has 1 aromatic rings. The van der Waals surface area contributed by atoms with Gasteiger partial charge in [-0.25, -0.2) is 4.98 Å². The van der Waals surface area contributed by atoms with Crippen molar-refractivity contribution >= 4 is 31.9 Å². The van der Waals surface area contributed by atoms with E-state index in [1.165, 1.54) is 12.1 Å². The molecule has 2 nitrogen and oxygen atoms in total. The lowest BCUT2D eigenvalue weighted by atomic mass is 10.5. The average Bonchev–Trinajstić information content (AvgIpc) is 1.81. The number of pyridine rings is 1. The van der Waals surface area contributed by atoms with Crippen LogP contribution in [0.15, 0.2) is 21.3 Å². The normalized spacial score (nSPS) is 10.4. The second-order valence-corrected chi connectivity index (χ2v) is 3.45. The highest BCUT2D eigenvalue weighted by Crippen LogP contribution is 2.22. The van der Waals surface area contributed by atoms with Gasteiger partial charge in [0, 0.05) is 12.1 Å². The summed E-state index contributed by atoms with van der Waals surface area (Å²) in [5.74, 6) is 0.0683. The highest BCUT2D eigenvalue weighted by atomic mass is 79.9. The van der Waals surface area contributed by atoms with E-state index in [0.29, 0.717) is 9.21 Å². The molecule has 1 aromatic heterocycles. The highest BCUT2D eigenvalue weighted by Gasteiger charge is 2.05. The smallest absolute Gasteiger partial charge is 0.387 e. The van der Waals surface area contributed by atoms with E-state index in [1.807, 2.05) is 0 Å². The maximum atomic E-state index is 11.7. The zero-order chi connectivity index (χ0) is 9.14. The van der Waals surface area contributed by atoms with Crippen LogP contribution in [0.3, 0.4) is 0 Å². The summed E-state index contributed by atoms with van der Waals surface area (Å²) < 4.78 is 28.4. The van der Waals surface area contributed by atoms with Crippen LogP contribution in [0.1, 0.15) is 0 Å². The van der Waals surface area contributed by atoms with Gasteiger partial charge in [0.05, 0.1) is 0 Å². The number of nitrogens with zero attached hydrogens (tertiary/aromatic N) is 1. The summed E-state index contributed by atoms with van der Waals surface area (Å²) in [5.41, 5.74) is 0. The van der Waals surface area contributed by atoms with E-state index < -0.39 is 6.61 Å². The van der Waals surface area contributed by atoms with Gasteiger partial charge in [0.25, 0.3) is 0 Å². The third-order valence-corrected chi connectivity index (χ3v) is 1.77. The Kier molecular flexibility index (Phi) is 3.39. The number of aromatic nitrogens is 1. The van der Waals surface area contributed by atoms with Gasteiger partial charge in [-0.1, -0.05) is 0 Å². The van der Waals surface area contributed by atoms with Crippen LogP contribution in [-0.4, -0.2) is 11.6 Å². The van der Waals surface area contributed by atoms with E-state index in [4.69, 9.17) is 0 Å². The summed E-state index contributed by atoms with van der Waals surface area (Å²) in [6.07, 6.45) is 0. The first kappa shape index (κ1) is 9.85. The van der Waals surface area contributed by atoms with Gasteiger partial charge >= 0.3 is 6.61 Å². The number of hydrogen-bond acceptors (Lipinski definition) is 2. The molecule has 0 saturated heterocycles. The van der Waals surface area contributed by atoms with Crippen LogP contribution in [-0.2, 0) is 0 Å². The zero-order valence-electron chi connectivity index (χ0n) is 5.60. The van der Waals surface area contributed by atoms with Crippen molar-refractivity contribution in [3.05, 3.63) is 21.3 Å². The van der Waals surface area contributed by atoms with Gasteiger partial charge < -0.3 is 4.74 Å². The molecule has 12 heavy (non-hydrogen) atoms. The molecule has 0 N–H and O–H groups in total. The fourth-order valence-corrected chi connectivity index (χ4v) is 1.69. The third kappa shape index (κ3) is 3.02. The van der Waals surface area contributed by atoms with Crippen molar-refractivity contribution in [1.29, 1.82) is 0 Å². The van der Waals surface area contributed by atoms with Gasteiger partial charge in [0.15, 0.2) is 0 Å². The predicted molar refractivity (Wildman–Crippen MR) is 46.3 cm³/mol. The predicted octanol–water partition coefficient (Wildman–Crippen LogP) is 3.21. The van der Waals surface area contributed by atoms with Crippen LogP contribution in [0.4, 0.5) is 8.78 Å². The number of ether oxygens (including phenoxy) is 1. The fourth-order valence-electron chi connectivity index (χ4n) is 0.614. The molecule has 0 aliphatic heterocycles. The van der Waals surface area contributed by atoms with Crippen LogP contribution >= 0.6 is 31.9 Å². The fraction of sp³-hybridized carbons (Fsp3) is 0.167. The van der Waals surface area contributed by atoms with Gasteiger partial charge in [-0.15, -0.1) is 0 Å². The van der Waals surface area contributed by atoms with Crippen molar-refractivity contribution in [2.24, 2.45) is 0 Å². The number of hydrogen-bond donors (Lipinski definition) is 0. The minimum atomic E-state index is -2.81. The summed E-state index contributed by atoms with van der Waals surface area (Å²) in [6, 6.07) is 2.72. The molecule has 0 aromatic carbocycles. The van der Waals surface area contributed by atoms with E-state index >= 15 is 0 Å². The van der Waals surface area contributed by atoms with Crippen LogP contribution in [0.5, 0.6) is 5.75 Å². The Balaban J connectivity index is 2.85.